The summed E-state index contributed by atoms with van der Waals surface area (Å²) in [5.74, 6) is 0. The van der Waals surface area contributed by atoms with E-state index in [1.165, 1.54) is 15.3 Å². The van der Waals surface area contributed by atoms with Gasteiger partial charge >= 0.3 is 6.03 Å². The van der Waals surface area contributed by atoms with Crippen molar-refractivity contribution >= 4 is 17.4 Å². The SMILES string of the molecule is NC(=O)N1CCCN(Cc2ccc(-c3ccccc3)s2)CC1. The standard InChI is InChI=1S/C17H21N3OS/c18-17(21)20-10-4-9-19(11-12-20)13-15-7-8-16(22-15)14-5-2-1-3-6-14/h1-3,5-8H,4,9-13H2,(H2,18,21). The topological polar surface area (TPSA) is 49.6 Å². The van der Waals surface area contributed by atoms with Gasteiger partial charge in [0.2, 0.25) is 0 Å². The average Bonchev–Trinajstić information content (AvgIpc) is 2.86. The molecule has 3 rings (SSSR count). The van der Waals surface area contributed by atoms with Gasteiger partial charge in [-0.25, -0.2) is 4.79 Å². The number of rotatable bonds is 3. The lowest BCUT2D eigenvalue weighted by Gasteiger charge is -2.20. The van der Waals surface area contributed by atoms with E-state index in [1.807, 2.05) is 17.4 Å². The molecule has 1 aromatic heterocycles. The van der Waals surface area contributed by atoms with Crippen LogP contribution in [0.2, 0.25) is 0 Å². The second-order valence-electron chi connectivity index (χ2n) is 5.59. The molecule has 0 unspecified atom stereocenters. The zero-order chi connectivity index (χ0) is 15.4. The smallest absolute Gasteiger partial charge is 0.314 e. The van der Waals surface area contributed by atoms with Crippen molar-refractivity contribution in [3.63, 3.8) is 0 Å². The summed E-state index contributed by atoms with van der Waals surface area (Å²) in [4.78, 5) is 18.1. The highest BCUT2D eigenvalue weighted by atomic mass is 32.1. The largest absolute Gasteiger partial charge is 0.351 e. The van der Waals surface area contributed by atoms with Crippen LogP contribution in [0.5, 0.6) is 0 Å². The maximum atomic E-state index is 11.3. The molecule has 2 aromatic rings. The van der Waals surface area contributed by atoms with Crippen LogP contribution in [-0.4, -0.2) is 42.0 Å². The minimum absolute atomic E-state index is 0.302. The van der Waals surface area contributed by atoms with Crippen molar-refractivity contribution in [2.45, 2.75) is 13.0 Å². The Morgan fingerprint density at radius 2 is 1.86 bits per heavy atom. The van der Waals surface area contributed by atoms with E-state index in [2.05, 4.69) is 41.3 Å². The molecule has 0 saturated carbocycles. The molecule has 2 amide bonds. The van der Waals surface area contributed by atoms with Crippen molar-refractivity contribution in [2.24, 2.45) is 5.73 Å². The molecule has 1 aliphatic rings. The van der Waals surface area contributed by atoms with E-state index in [0.717, 1.165) is 39.1 Å². The summed E-state index contributed by atoms with van der Waals surface area (Å²) >= 11 is 1.85. The Bertz CT molecular complexity index is 626. The van der Waals surface area contributed by atoms with Gasteiger partial charge in [0.1, 0.15) is 0 Å². The number of nitrogens with two attached hydrogens (primary N) is 1. The molecule has 2 heterocycles. The Kier molecular flexibility index (Phi) is 4.75. The number of urea groups is 1. The molecule has 0 spiro atoms. The molecule has 2 N–H and O–H groups in total. The third-order valence-corrected chi connectivity index (χ3v) is 5.12. The van der Waals surface area contributed by atoms with Gasteiger partial charge < -0.3 is 10.6 Å². The molecule has 1 aliphatic heterocycles. The summed E-state index contributed by atoms with van der Waals surface area (Å²) in [6.45, 7) is 4.35. The first-order valence-electron chi connectivity index (χ1n) is 7.63. The predicted molar refractivity (Wildman–Crippen MR) is 90.8 cm³/mol. The van der Waals surface area contributed by atoms with E-state index in [9.17, 15) is 4.79 Å². The van der Waals surface area contributed by atoms with Gasteiger partial charge in [0.05, 0.1) is 0 Å². The number of hydrogen-bond acceptors (Lipinski definition) is 3. The Balaban J connectivity index is 1.62. The van der Waals surface area contributed by atoms with Crippen LogP contribution in [0.25, 0.3) is 10.4 Å². The van der Waals surface area contributed by atoms with Gasteiger partial charge in [-0.05, 0) is 24.1 Å². The maximum absolute atomic E-state index is 11.3. The summed E-state index contributed by atoms with van der Waals surface area (Å²) in [6.07, 6.45) is 0.986. The summed E-state index contributed by atoms with van der Waals surface area (Å²) in [5, 5.41) is 0. The van der Waals surface area contributed by atoms with Crippen molar-refractivity contribution < 1.29 is 4.79 Å². The summed E-state index contributed by atoms with van der Waals surface area (Å²) in [6, 6.07) is 14.6. The molecule has 0 atom stereocenters. The van der Waals surface area contributed by atoms with Gasteiger partial charge in [0.15, 0.2) is 0 Å². The molecule has 1 fully saturated rings. The predicted octanol–water partition coefficient (Wildman–Crippen LogP) is 3.00. The minimum atomic E-state index is -0.302. The Morgan fingerprint density at radius 3 is 2.64 bits per heavy atom. The van der Waals surface area contributed by atoms with E-state index in [4.69, 9.17) is 5.73 Å². The van der Waals surface area contributed by atoms with E-state index < -0.39 is 0 Å². The number of carbonyl (C=O) groups excluding carboxylic acids is 1. The number of nitrogens with zero attached hydrogens (tertiary/aromatic N) is 2. The molecule has 1 saturated heterocycles. The van der Waals surface area contributed by atoms with Crippen LogP contribution in [0.1, 0.15) is 11.3 Å². The van der Waals surface area contributed by atoms with Crippen molar-refractivity contribution in [3.8, 4) is 10.4 Å². The highest BCUT2D eigenvalue weighted by Gasteiger charge is 2.17. The lowest BCUT2D eigenvalue weighted by molar-refractivity contribution is 0.207. The molecule has 4 nitrogen and oxygen atoms in total. The number of amides is 2. The number of hydrogen-bond donors (Lipinski definition) is 1. The van der Waals surface area contributed by atoms with E-state index in [-0.39, 0.29) is 6.03 Å². The first kappa shape index (κ1) is 15.1. The van der Waals surface area contributed by atoms with E-state index in [0.29, 0.717) is 0 Å². The first-order chi connectivity index (χ1) is 10.7. The molecule has 0 aliphatic carbocycles. The van der Waals surface area contributed by atoms with Crippen LogP contribution >= 0.6 is 11.3 Å². The molecular weight excluding hydrogens is 294 g/mol. The van der Waals surface area contributed by atoms with Crippen LogP contribution in [0.4, 0.5) is 4.79 Å². The molecule has 22 heavy (non-hydrogen) atoms. The lowest BCUT2D eigenvalue weighted by atomic mass is 10.2. The van der Waals surface area contributed by atoms with Crippen molar-refractivity contribution in [2.75, 3.05) is 26.2 Å². The van der Waals surface area contributed by atoms with Gasteiger partial charge in [0.25, 0.3) is 0 Å². The molecular formula is C17H21N3OS. The number of primary amides is 1. The fourth-order valence-electron chi connectivity index (χ4n) is 2.79. The monoisotopic (exact) mass is 315 g/mol. The molecule has 116 valence electrons. The Hall–Kier alpha value is -1.85. The highest BCUT2D eigenvalue weighted by molar-refractivity contribution is 7.15. The van der Waals surface area contributed by atoms with Gasteiger partial charge in [-0.15, -0.1) is 11.3 Å². The van der Waals surface area contributed by atoms with Crippen molar-refractivity contribution in [1.29, 1.82) is 0 Å². The Morgan fingerprint density at radius 1 is 1.05 bits per heavy atom. The normalized spacial score (nSPS) is 16.5. The van der Waals surface area contributed by atoms with Gasteiger partial charge in [0, 0.05) is 42.5 Å². The maximum Gasteiger partial charge on any atom is 0.314 e. The third kappa shape index (κ3) is 3.67. The quantitative estimate of drug-likeness (QED) is 0.946. The van der Waals surface area contributed by atoms with Gasteiger partial charge in [-0.1, -0.05) is 30.3 Å². The zero-order valence-electron chi connectivity index (χ0n) is 12.6. The van der Waals surface area contributed by atoms with Gasteiger partial charge in [-0.2, -0.15) is 0 Å². The zero-order valence-corrected chi connectivity index (χ0v) is 13.4. The number of carbonyl (C=O) groups is 1. The average molecular weight is 315 g/mol. The summed E-state index contributed by atoms with van der Waals surface area (Å²) in [5.41, 5.74) is 6.65. The lowest BCUT2D eigenvalue weighted by Crippen LogP contribution is -2.38. The second kappa shape index (κ2) is 6.94. The van der Waals surface area contributed by atoms with Crippen LogP contribution in [-0.2, 0) is 6.54 Å². The summed E-state index contributed by atoms with van der Waals surface area (Å²) in [7, 11) is 0. The fourth-order valence-corrected chi connectivity index (χ4v) is 3.85. The minimum Gasteiger partial charge on any atom is -0.351 e. The van der Waals surface area contributed by atoms with Crippen molar-refractivity contribution in [3.05, 3.63) is 47.3 Å². The summed E-state index contributed by atoms with van der Waals surface area (Å²) < 4.78 is 0. The van der Waals surface area contributed by atoms with Crippen molar-refractivity contribution in [1.82, 2.24) is 9.80 Å². The third-order valence-electron chi connectivity index (χ3n) is 4.00. The number of thiophene rings is 1. The Labute approximate surface area is 135 Å². The van der Waals surface area contributed by atoms with Crippen LogP contribution in [0, 0.1) is 0 Å². The van der Waals surface area contributed by atoms with Gasteiger partial charge in [-0.3, -0.25) is 4.90 Å². The number of benzene rings is 1. The fraction of sp³-hybridized carbons (Fsp3) is 0.353. The van der Waals surface area contributed by atoms with E-state index in [1.54, 1.807) is 4.90 Å². The van der Waals surface area contributed by atoms with Crippen LogP contribution in [0.15, 0.2) is 42.5 Å². The molecule has 0 bridgehead atoms. The molecule has 0 radical (unpaired) electrons. The first-order valence-corrected chi connectivity index (χ1v) is 8.45. The molecule has 5 heteroatoms. The second-order valence-corrected chi connectivity index (χ2v) is 6.76. The highest BCUT2D eigenvalue weighted by Crippen LogP contribution is 2.28. The molecule has 1 aromatic carbocycles. The van der Waals surface area contributed by atoms with E-state index >= 15 is 0 Å². The van der Waals surface area contributed by atoms with Crippen LogP contribution in [0.3, 0.4) is 0 Å². The van der Waals surface area contributed by atoms with Crippen LogP contribution < -0.4 is 5.73 Å².